The second-order valence-electron chi connectivity index (χ2n) is 6.37. The SMILES string of the molecule is O=C(O)c1ccc(OCCOc2ccccc2NS(=O)(=O)Cc2ccccc2)cc1. The Morgan fingerprint density at radius 2 is 1.47 bits per heavy atom. The molecule has 0 aromatic heterocycles. The molecule has 0 heterocycles. The van der Waals surface area contributed by atoms with Crippen molar-refractivity contribution < 1.29 is 27.8 Å². The molecule has 0 spiro atoms. The van der Waals surface area contributed by atoms with Gasteiger partial charge in [0.05, 0.1) is 17.0 Å². The van der Waals surface area contributed by atoms with Crippen molar-refractivity contribution in [3.05, 3.63) is 90.0 Å². The van der Waals surface area contributed by atoms with Crippen molar-refractivity contribution in [2.24, 2.45) is 0 Å². The summed E-state index contributed by atoms with van der Waals surface area (Å²) < 4.78 is 38.7. The summed E-state index contributed by atoms with van der Waals surface area (Å²) >= 11 is 0. The van der Waals surface area contributed by atoms with Crippen LogP contribution >= 0.6 is 0 Å². The molecule has 3 aromatic rings. The Bertz CT molecular complexity index is 1080. The molecule has 8 heteroatoms. The molecule has 0 aliphatic rings. The normalized spacial score (nSPS) is 10.9. The number of rotatable bonds is 10. The van der Waals surface area contributed by atoms with Gasteiger partial charge in [-0.3, -0.25) is 4.72 Å². The van der Waals surface area contributed by atoms with Gasteiger partial charge in [0, 0.05) is 0 Å². The number of ether oxygens (including phenoxy) is 2. The minimum atomic E-state index is -3.60. The van der Waals surface area contributed by atoms with Crippen LogP contribution in [0.15, 0.2) is 78.9 Å². The molecule has 7 nitrogen and oxygen atoms in total. The second-order valence-corrected chi connectivity index (χ2v) is 8.09. The zero-order valence-electron chi connectivity index (χ0n) is 16.0. The van der Waals surface area contributed by atoms with E-state index in [1.54, 1.807) is 60.7 Å². The van der Waals surface area contributed by atoms with Crippen molar-refractivity contribution in [2.45, 2.75) is 5.75 Å². The zero-order chi connectivity index (χ0) is 21.4. The highest BCUT2D eigenvalue weighted by molar-refractivity contribution is 7.91. The highest BCUT2D eigenvalue weighted by atomic mass is 32.2. The Labute approximate surface area is 174 Å². The van der Waals surface area contributed by atoms with Crippen molar-refractivity contribution in [3.63, 3.8) is 0 Å². The average Bonchev–Trinajstić information content (AvgIpc) is 2.73. The van der Waals surface area contributed by atoms with Crippen molar-refractivity contribution in [1.82, 2.24) is 0 Å². The van der Waals surface area contributed by atoms with Crippen molar-refractivity contribution in [1.29, 1.82) is 0 Å². The fraction of sp³-hybridized carbons (Fsp3) is 0.136. The van der Waals surface area contributed by atoms with Crippen molar-refractivity contribution >= 4 is 21.7 Å². The summed E-state index contributed by atoms with van der Waals surface area (Å²) in [6, 6.07) is 21.7. The molecule has 3 rings (SSSR count). The highest BCUT2D eigenvalue weighted by Gasteiger charge is 2.14. The summed E-state index contributed by atoms with van der Waals surface area (Å²) in [6.45, 7) is 0.385. The van der Waals surface area contributed by atoms with Gasteiger partial charge in [-0.1, -0.05) is 42.5 Å². The lowest BCUT2D eigenvalue weighted by Gasteiger charge is -2.14. The molecule has 2 N–H and O–H groups in total. The monoisotopic (exact) mass is 427 g/mol. The molecule has 0 bridgehead atoms. The van der Waals surface area contributed by atoms with Crippen molar-refractivity contribution in [2.75, 3.05) is 17.9 Å². The van der Waals surface area contributed by atoms with Crippen LogP contribution in [0.5, 0.6) is 11.5 Å². The first-order valence-corrected chi connectivity index (χ1v) is 10.8. The fourth-order valence-electron chi connectivity index (χ4n) is 2.68. The van der Waals surface area contributed by atoms with Crippen LogP contribution in [-0.4, -0.2) is 32.7 Å². The van der Waals surface area contributed by atoms with Gasteiger partial charge in [0.2, 0.25) is 10.0 Å². The Morgan fingerprint density at radius 1 is 0.833 bits per heavy atom. The highest BCUT2D eigenvalue weighted by Crippen LogP contribution is 2.25. The molecule has 0 aliphatic carbocycles. The quantitative estimate of drug-likeness (QED) is 0.478. The molecule has 0 aliphatic heterocycles. The van der Waals surface area contributed by atoms with Crippen LogP contribution in [0.3, 0.4) is 0 Å². The van der Waals surface area contributed by atoms with Gasteiger partial charge in [0.1, 0.15) is 24.7 Å². The van der Waals surface area contributed by atoms with Crippen molar-refractivity contribution in [3.8, 4) is 11.5 Å². The third kappa shape index (κ3) is 6.25. The van der Waals surface area contributed by atoms with Crippen LogP contribution in [0.1, 0.15) is 15.9 Å². The van der Waals surface area contributed by atoms with E-state index in [4.69, 9.17) is 14.6 Å². The maximum atomic E-state index is 12.5. The largest absolute Gasteiger partial charge is 0.490 e. The lowest BCUT2D eigenvalue weighted by Crippen LogP contribution is -2.16. The van der Waals surface area contributed by atoms with Gasteiger partial charge in [0.25, 0.3) is 0 Å². The number of carboxylic acids is 1. The molecule has 0 amide bonds. The first-order valence-electron chi connectivity index (χ1n) is 9.15. The number of carbonyl (C=O) groups is 1. The summed E-state index contributed by atoms with van der Waals surface area (Å²) in [5.74, 6) is -0.243. The molecular formula is C22H21NO6S. The summed E-state index contributed by atoms with van der Waals surface area (Å²) in [5, 5.41) is 8.90. The van der Waals surface area contributed by atoms with E-state index < -0.39 is 16.0 Å². The van der Waals surface area contributed by atoms with E-state index in [9.17, 15) is 13.2 Å². The molecule has 0 fully saturated rings. The number of anilines is 1. The number of para-hydroxylation sites is 2. The maximum Gasteiger partial charge on any atom is 0.335 e. The van der Waals surface area contributed by atoms with Gasteiger partial charge < -0.3 is 14.6 Å². The van der Waals surface area contributed by atoms with E-state index in [1.165, 1.54) is 12.1 Å². The number of nitrogens with one attached hydrogen (secondary N) is 1. The number of aromatic carboxylic acids is 1. The Balaban J connectivity index is 1.55. The van der Waals surface area contributed by atoms with Gasteiger partial charge in [0.15, 0.2) is 0 Å². The summed E-state index contributed by atoms with van der Waals surface area (Å²) in [7, 11) is -3.60. The zero-order valence-corrected chi connectivity index (χ0v) is 16.8. The molecule has 0 unspecified atom stereocenters. The number of hydrogen-bond acceptors (Lipinski definition) is 5. The number of hydrogen-bond donors (Lipinski definition) is 2. The molecule has 156 valence electrons. The number of carboxylic acid groups (broad SMARTS) is 1. The molecular weight excluding hydrogens is 406 g/mol. The summed E-state index contributed by atoms with van der Waals surface area (Å²) in [4.78, 5) is 10.9. The van der Waals surface area contributed by atoms with E-state index in [0.717, 1.165) is 0 Å². The Kier molecular flexibility index (Phi) is 6.92. The van der Waals surface area contributed by atoms with Gasteiger partial charge in [-0.2, -0.15) is 0 Å². The smallest absolute Gasteiger partial charge is 0.335 e. The molecule has 3 aromatic carbocycles. The van der Waals surface area contributed by atoms with Gasteiger partial charge in [-0.05, 0) is 42.0 Å². The van der Waals surface area contributed by atoms with Crippen LogP contribution in [0.2, 0.25) is 0 Å². The minimum absolute atomic E-state index is 0.141. The standard InChI is InChI=1S/C22H21NO6S/c24-22(25)18-10-12-19(13-11-18)28-14-15-29-21-9-5-4-8-20(21)23-30(26,27)16-17-6-2-1-3-7-17/h1-13,23H,14-16H2,(H,24,25). The second kappa shape index (κ2) is 9.80. The first-order chi connectivity index (χ1) is 14.4. The molecule has 0 radical (unpaired) electrons. The fourth-order valence-corrected chi connectivity index (χ4v) is 3.89. The van der Waals surface area contributed by atoms with Crippen LogP contribution in [0, 0.1) is 0 Å². The Morgan fingerprint density at radius 3 is 2.17 bits per heavy atom. The summed E-state index contributed by atoms with van der Waals surface area (Å²) in [5.41, 5.74) is 1.21. The molecule has 0 saturated carbocycles. The molecule has 0 saturated heterocycles. The van der Waals surface area contributed by atoms with Crippen LogP contribution in [0.25, 0.3) is 0 Å². The maximum absolute atomic E-state index is 12.5. The number of sulfonamides is 1. The van der Waals surface area contributed by atoms with E-state index in [-0.39, 0.29) is 24.5 Å². The van der Waals surface area contributed by atoms with E-state index >= 15 is 0 Å². The minimum Gasteiger partial charge on any atom is -0.490 e. The van der Waals surface area contributed by atoms with E-state index in [2.05, 4.69) is 4.72 Å². The van der Waals surface area contributed by atoms with Gasteiger partial charge >= 0.3 is 5.97 Å². The third-order valence-corrected chi connectivity index (χ3v) is 5.31. The predicted octanol–water partition coefficient (Wildman–Crippen LogP) is 3.78. The first kappa shape index (κ1) is 21.2. The lowest BCUT2D eigenvalue weighted by molar-refractivity contribution is 0.0697. The van der Waals surface area contributed by atoms with Gasteiger partial charge in [-0.25, -0.2) is 13.2 Å². The average molecular weight is 427 g/mol. The van der Waals surface area contributed by atoms with Crippen LogP contribution < -0.4 is 14.2 Å². The number of benzene rings is 3. The van der Waals surface area contributed by atoms with E-state index in [1.807, 2.05) is 6.07 Å². The van der Waals surface area contributed by atoms with Gasteiger partial charge in [-0.15, -0.1) is 0 Å². The lowest BCUT2D eigenvalue weighted by atomic mass is 10.2. The predicted molar refractivity (Wildman–Crippen MR) is 114 cm³/mol. The summed E-state index contributed by atoms with van der Waals surface area (Å²) in [6.07, 6.45) is 0. The van der Waals surface area contributed by atoms with Crippen LogP contribution in [0.4, 0.5) is 5.69 Å². The Hall–Kier alpha value is -3.52. The van der Waals surface area contributed by atoms with Crippen LogP contribution in [-0.2, 0) is 15.8 Å². The van der Waals surface area contributed by atoms with E-state index in [0.29, 0.717) is 22.7 Å². The topological polar surface area (TPSA) is 102 Å². The molecule has 30 heavy (non-hydrogen) atoms. The molecule has 0 atom stereocenters. The third-order valence-electron chi connectivity index (χ3n) is 4.06.